The maximum absolute atomic E-state index is 3.53. The van der Waals surface area contributed by atoms with Crippen LogP contribution in [0, 0.1) is 0 Å². The van der Waals surface area contributed by atoms with E-state index < -0.39 is 0 Å². The minimum absolute atomic E-state index is 0.598. The van der Waals surface area contributed by atoms with E-state index >= 15 is 0 Å². The van der Waals surface area contributed by atoms with E-state index in [2.05, 4.69) is 36.7 Å². The van der Waals surface area contributed by atoms with Gasteiger partial charge in [0.15, 0.2) is 0 Å². The zero-order valence-electron chi connectivity index (χ0n) is 13.3. The van der Waals surface area contributed by atoms with Crippen LogP contribution in [0.2, 0.25) is 0 Å². The molecule has 0 saturated carbocycles. The third kappa shape index (κ3) is 4.60. The van der Waals surface area contributed by atoms with Crippen LogP contribution < -0.4 is 5.32 Å². The Hall–Kier alpha value is -0.340. The van der Waals surface area contributed by atoms with Crippen LogP contribution in [0.3, 0.4) is 0 Å². The summed E-state index contributed by atoms with van der Waals surface area (Å²) in [6, 6.07) is 3.08. The summed E-state index contributed by atoms with van der Waals surface area (Å²) in [5, 5.41) is 3.53. The molecule has 2 rings (SSSR count). The van der Waals surface area contributed by atoms with Crippen LogP contribution in [-0.2, 0) is 12.8 Å². The number of fused-ring (bicyclic) bond motifs is 1. The maximum atomic E-state index is 3.53. The number of hydrogen-bond acceptors (Lipinski definition) is 2. The minimum Gasteiger partial charge on any atom is -0.312 e. The van der Waals surface area contributed by atoms with Gasteiger partial charge < -0.3 is 5.32 Å². The SMILES string of the molecule is CCCCCCCCCC(NC)c1cc2c(s1)CCC2. The van der Waals surface area contributed by atoms with Gasteiger partial charge in [-0.15, -0.1) is 11.3 Å². The molecule has 1 aliphatic carbocycles. The summed E-state index contributed by atoms with van der Waals surface area (Å²) in [7, 11) is 2.12. The van der Waals surface area contributed by atoms with E-state index in [1.807, 2.05) is 0 Å². The van der Waals surface area contributed by atoms with Gasteiger partial charge in [-0.3, -0.25) is 0 Å². The molecule has 1 aliphatic rings. The molecule has 1 nitrogen and oxygen atoms in total. The molecule has 1 heterocycles. The van der Waals surface area contributed by atoms with Gasteiger partial charge in [-0.1, -0.05) is 51.9 Å². The summed E-state index contributed by atoms with van der Waals surface area (Å²) in [4.78, 5) is 3.25. The van der Waals surface area contributed by atoms with Gasteiger partial charge in [-0.25, -0.2) is 0 Å². The molecule has 0 spiro atoms. The third-order valence-corrected chi connectivity index (χ3v) is 5.90. The second-order valence-corrected chi connectivity index (χ2v) is 7.37. The largest absolute Gasteiger partial charge is 0.312 e. The van der Waals surface area contributed by atoms with Crippen molar-refractivity contribution in [3.63, 3.8) is 0 Å². The molecule has 1 unspecified atom stereocenters. The van der Waals surface area contributed by atoms with E-state index in [0.29, 0.717) is 6.04 Å². The highest BCUT2D eigenvalue weighted by Crippen LogP contribution is 2.35. The highest BCUT2D eigenvalue weighted by atomic mass is 32.1. The number of hydrogen-bond donors (Lipinski definition) is 1. The van der Waals surface area contributed by atoms with Gasteiger partial charge in [0.05, 0.1) is 0 Å². The number of unbranched alkanes of at least 4 members (excludes halogenated alkanes) is 6. The van der Waals surface area contributed by atoms with Crippen molar-refractivity contribution in [1.29, 1.82) is 0 Å². The van der Waals surface area contributed by atoms with Crippen molar-refractivity contribution in [1.82, 2.24) is 5.32 Å². The van der Waals surface area contributed by atoms with Gasteiger partial charge in [-0.2, -0.15) is 0 Å². The minimum atomic E-state index is 0.598. The summed E-state index contributed by atoms with van der Waals surface area (Å²) in [6.45, 7) is 2.29. The lowest BCUT2D eigenvalue weighted by Crippen LogP contribution is -2.15. The van der Waals surface area contributed by atoms with Crippen molar-refractivity contribution in [2.24, 2.45) is 0 Å². The highest BCUT2D eigenvalue weighted by Gasteiger charge is 2.18. The predicted molar refractivity (Wildman–Crippen MR) is 90.8 cm³/mol. The molecule has 0 amide bonds. The Labute approximate surface area is 129 Å². The second-order valence-electron chi connectivity index (χ2n) is 6.20. The summed E-state index contributed by atoms with van der Waals surface area (Å²) >= 11 is 2.07. The van der Waals surface area contributed by atoms with Crippen molar-refractivity contribution in [2.45, 2.75) is 83.6 Å². The Morgan fingerprint density at radius 2 is 1.85 bits per heavy atom. The number of aryl methyl sites for hydroxylation is 2. The first-order chi connectivity index (χ1) is 9.85. The topological polar surface area (TPSA) is 12.0 Å². The summed E-state index contributed by atoms with van der Waals surface area (Å²) < 4.78 is 0. The van der Waals surface area contributed by atoms with Crippen molar-refractivity contribution in [3.05, 3.63) is 21.4 Å². The molecule has 2 heteroatoms. The smallest absolute Gasteiger partial charge is 0.0412 e. The molecule has 0 bridgehead atoms. The molecule has 1 atom stereocenters. The lowest BCUT2D eigenvalue weighted by molar-refractivity contribution is 0.501. The fraction of sp³-hybridized carbons (Fsp3) is 0.778. The lowest BCUT2D eigenvalue weighted by atomic mass is 10.0. The zero-order valence-corrected chi connectivity index (χ0v) is 14.2. The van der Waals surface area contributed by atoms with Crippen LogP contribution in [-0.4, -0.2) is 7.05 Å². The predicted octanol–water partition coefficient (Wildman–Crippen LogP) is 5.64. The number of rotatable bonds is 10. The lowest BCUT2D eigenvalue weighted by Gasteiger charge is -2.14. The number of thiophene rings is 1. The molecule has 114 valence electrons. The van der Waals surface area contributed by atoms with Crippen molar-refractivity contribution in [3.8, 4) is 0 Å². The van der Waals surface area contributed by atoms with Crippen molar-refractivity contribution >= 4 is 11.3 Å². The first kappa shape index (κ1) is 16.0. The molecule has 0 aliphatic heterocycles. The van der Waals surface area contributed by atoms with Gasteiger partial charge in [0.2, 0.25) is 0 Å². The van der Waals surface area contributed by atoms with Crippen LogP contribution in [0.4, 0.5) is 0 Å². The van der Waals surface area contributed by atoms with Gasteiger partial charge in [-0.05, 0) is 44.4 Å². The molecule has 0 saturated heterocycles. The zero-order chi connectivity index (χ0) is 14.2. The fourth-order valence-corrected chi connectivity index (χ4v) is 4.66. The van der Waals surface area contributed by atoms with Crippen LogP contribution in [0.1, 0.15) is 86.1 Å². The molecule has 0 radical (unpaired) electrons. The molecule has 0 fully saturated rings. The van der Waals surface area contributed by atoms with E-state index in [1.165, 1.54) is 70.6 Å². The fourth-order valence-electron chi connectivity index (χ4n) is 3.26. The van der Waals surface area contributed by atoms with Crippen LogP contribution in [0.15, 0.2) is 6.07 Å². The van der Waals surface area contributed by atoms with E-state index in [1.54, 1.807) is 15.3 Å². The van der Waals surface area contributed by atoms with Gasteiger partial charge >= 0.3 is 0 Å². The first-order valence-corrected chi connectivity index (χ1v) is 9.45. The maximum Gasteiger partial charge on any atom is 0.0412 e. The van der Waals surface area contributed by atoms with E-state index in [0.717, 1.165) is 0 Å². The number of nitrogens with one attached hydrogen (secondary N) is 1. The van der Waals surface area contributed by atoms with Gasteiger partial charge in [0.25, 0.3) is 0 Å². The Morgan fingerprint density at radius 1 is 1.10 bits per heavy atom. The standard InChI is InChI=1S/C18H31NS/c1-3-4-5-6-7-8-9-12-16(19-2)18-14-15-11-10-13-17(15)20-18/h14,16,19H,3-13H2,1-2H3. The van der Waals surface area contributed by atoms with Crippen LogP contribution in [0.25, 0.3) is 0 Å². The summed E-state index contributed by atoms with van der Waals surface area (Å²) in [5.74, 6) is 0. The normalized spacial score (nSPS) is 15.5. The van der Waals surface area contributed by atoms with Crippen LogP contribution in [0.5, 0.6) is 0 Å². The van der Waals surface area contributed by atoms with Gasteiger partial charge in [0, 0.05) is 15.8 Å². The monoisotopic (exact) mass is 293 g/mol. The average Bonchev–Trinajstić information content (AvgIpc) is 3.03. The molecule has 20 heavy (non-hydrogen) atoms. The van der Waals surface area contributed by atoms with E-state index in [4.69, 9.17) is 0 Å². The van der Waals surface area contributed by atoms with Crippen LogP contribution >= 0.6 is 11.3 Å². The third-order valence-electron chi connectivity index (χ3n) is 4.55. The van der Waals surface area contributed by atoms with E-state index in [9.17, 15) is 0 Å². The Balaban J connectivity index is 1.67. The Bertz CT molecular complexity index is 361. The molecular weight excluding hydrogens is 262 g/mol. The molecular formula is C18H31NS. The molecule has 1 aromatic heterocycles. The quantitative estimate of drug-likeness (QED) is 0.551. The molecule has 1 N–H and O–H groups in total. The molecule has 1 aromatic rings. The van der Waals surface area contributed by atoms with E-state index in [-0.39, 0.29) is 0 Å². The summed E-state index contributed by atoms with van der Waals surface area (Å²) in [6.07, 6.45) is 15.2. The van der Waals surface area contributed by atoms with Gasteiger partial charge in [0.1, 0.15) is 0 Å². The Morgan fingerprint density at radius 3 is 2.55 bits per heavy atom. The average molecular weight is 294 g/mol. The van der Waals surface area contributed by atoms with Crippen molar-refractivity contribution in [2.75, 3.05) is 7.05 Å². The molecule has 0 aromatic carbocycles. The first-order valence-electron chi connectivity index (χ1n) is 8.64. The van der Waals surface area contributed by atoms with Crippen molar-refractivity contribution < 1.29 is 0 Å². The Kier molecular flexibility index (Phi) is 7.09. The highest BCUT2D eigenvalue weighted by molar-refractivity contribution is 7.12. The second kappa shape index (κ2) is 8.84. The summed E-state index contributed by atoms with van der Waals surface area (Å²) in [5.41, 5.74) is 1.64.